The molecule has 18 heavy (non-hydrogen) atoms. The van der Waals surface area contributed by atoms with Crippen LogP contribution in [0.5, 0.6) is 5.75 Å². The molecule has 0 unspecified atom stereocenters. The number of para-hydroxylation sites is 1. The van der Waals surface area contributed by atoms with Gasteiger partial charge in [-0.1, -0.05) is 18.2 Å². The van der Waals surface area contributed by atoms with Crippen LogP contribution >= 0.6 is 12.4 Å². The Morgan fingerprint density at radius 1 is 1.28 bits per heavy atom. The zero-order valence-corrected chi connectivity index (χ0v) is 10.4. The molecule has 2 atom stereocenters. The lowest BCUT2D eigenvalue weighted by molar-refractivity contribution is -0.0511. The summed E-state index contributed by atoms with van der Waals surface area (Å²) in [5.74, 6) is 0.222. The third kappa shape index (κ3) is 3.54. The van der Waals surface area contributed by atoms with E-state index in [9.17, 15) is 13.9 Å². The summed E-state index contributed by atoms with van der Waals surface area (Å²) >= 11 is 0. The highest BCUT2D eigenvalue weighted by Crippen LogP contribution is 2.39. The highest BCUT2D eigenvalue weighted by atomic mass is 35.5. The quantitative estimate of drug-likeness (QED) is 0.871. The molecule has 1 aliphatic rings. The van der Waals surface area contributed by atoms with Gasteiger partial charge in [-0.15, -0.1) is 12.4 Å². The number of aliphatic hydroxyl groups excluding tert-OH is 1. The number of nitrogens with two attached hydrogens (primary N) is 1. The molecule has 0 amide bonds. The monoisotopic (exact) mass is 279 g/mol. The van der Waals surface area contributed by atoms with E-state index in [1.807, 2.05) is 0 Å². The van der Waals surface area contributed by atoms with E-state index in [1.54, 1.807) is 18.2 Å². The van der Waals surface area contributed by atoms with Gasteiger partial charge >= 0.3 is 6.61 Å². The first-order valence-corrected chi connectivity index (χ1v) is 5.57. The van der Waals surface area contributed by atoms with Gasteiger partial charge in [-0.2, -0.15) is 8.78 Å². The van der Waals surface area contributed by atoms with Crippen LogP contribution in [0.4, 0.5) is 8.78 Å². The maximum absolute atomic E-state index is 12.2. The molecule has 0 heterocycles. The van der Waals surface area contributed by atoms with Crippen LogP contribution in [0.1, 0.15) is 24.4 Å². The molecule has 1 aliphatic carbocycles. The number of ether oxygens (including phenoxy) is 1. The average molecular weight is 280 g/mol. The summed E-state index contributed by atoms with van der Waals surface area (Å²) in [5.41, 5.74) is 6.30. The lowest BCUT2D eigenvalue weighted by atomic mass is 9.98. The fourth-order valence-corrected chi connectivity index (χ4v) is 1.87. The standard InChI is InChI=1S/C12H15F2NO2.ClH/c13-12(14)17-9-4-2-1-3-8(9)10(15)11(16)7-5-6-7;/h1-4,7,10-12,16H,5-6,15H2;1H/t10-,11+;/m1./s1. The molecule has 0 radical (unpaired) electrons. The number of hydrogen-bond acceptors (Lipinski definition) is 3. The molecule has 1 aromatic carbocycles. The molecule has 6 heteroatoms. The van der Waals surface area contributed by atoms with Crippen LogP contribution < -0.4 is 10.5 Å². The van der Waals surface area contributed by atoms with E-state index in [0.717, 1.165) is 12.8 Å². The molecule has 3 nitrogen and oxygen atoms in total. The van der Waals surface area contributed by atoms with Gasteiger partial charge in [0.1, 0.15) is 5.75 Å². The summed E-state index contributed by atoms with van der Waals surface area (Å²) in [6.07, 6.45) is 1.18. The first kappa shape index (κ1) is 15.1. The number of alkyl halides is 2. The molecule has 0 spiro atoms. The number of benzene rings is 1. The summed E-state index contributed by atoms with van der Waals surface area (Å²) in [7, 11) is 0. The molecule has 102 valence electrons. The molecule has 1 fully saturated rings. The minimum Gasteiger partial charge on any atom is -0.434 e. The molecule has 2 rings (SSSR count). The molecule has 3 N–H and O–H groups in total. The number of rotatable bonds is 5. The summed E-state index contributed by atoms with van der Waals surface area (Å²) in [5, 5.41) is 9.90. The van der Waals surface area contributed by atoms with Gasteiger partial charge < -0.3 is 15.6 Å². The molecular formula is C12H16ClF2NO2. The van der Waals surface area contributed by atoms with Gasteiger partial charge in [0.25, 0.3) is 0 Å². The van der Waals surface area contributed by atoms with Gasteiger partial charge in [0.2, 0.25) is 0 Å². The fraction of sp³-hybridized carbons (Fsp3) is 0.500. The average Bonchev–Trinajstić information content (AvgIpc) is 3.11. The van der Waals surface area contributed by atoms with E-state index >= 15 is 0 Å². The molecule has 0 aliphatic heterocycles. The minimum atomic E-state index is -2.89. The van der Waals surface area contributed by atoms with E-state index in [1.165, 1.54) is 6.07 Å². The normalized spacial score (nSPS) is 18.1. The molecule has 1 saturated carbocycles. The predicted octanol–water partition coefficient (Wildman–Crippen LogP) is 2.48. The third-order valence-corrected chi connectivity index (χ3v) is 2.97. The summed E-state index contributed by atoms with van der Waals surface area (Å²) in [4.78, 5) is 0. The van der Waals surface area contributed by atoms with E-state index in [0.29, 0.717) is 5.56 Å². The van der Waals surface area contributed by atoms with E-state index in [-0.39, 0.29) is 24.1 Å². The Kier molecular flexibility index (Phi) is 5.31. The van der Waals surface area contributed by atoms with Gasteiger partial charge in [-0.25, -0.2) is 0 Å². The van der Waals surface area contributed by atoms with Crippen molar-refractivity contribution < 1.29 is 18.6 Å². The van der Waals surface area contributed by atoms with Crippen LogP contribution in [0, 0.1) is 5.92 Å². The van der Waals surface area contributed by atoms with Crippen molar-refractivity contribution in [2.24, 2.45) is 11.7 Å². The second-order valence-electron chi connectivity index (χ2n) is 4.27. The predicted molar refractivity (Wildman–Crippen MR) is 66.0 cm³/mol. The van der Waals surface area contributed by atoms with Crippen LogP contribution in [0.3, 0.4) is 0 Å². The highest BCUT2D eigenvalue weighted by Gasteiger charge is 2.35. The Morgan fingerprint density at radius 3 is 2.44 bits per heavy atom. The van der Waals surface area contributed by atoms with E-state index < -0.39 is 18.8 Å². The highest BCUT2D eigenvalue weighted by molar-refractivity contribution is 5.85. The van der Waals surface area contributed by atoms with E-state index in [4.69, 9.17) is 5.73 Å². The van der Waals surface area contributed by atoms with Crippen LogP contribution in [0.25, 0.3) is 0 Å². The lowest BCUT2D eigenvalue weighted by Crippen LogP contribution is -2.28. The molecular weight excluding hydrogens is 264 g/mol. The molecule has 0 aromatic heterocycles. The van der Waals surface area contributed by atoms with Gasteiger partial charge in [-0.3, -0.25) is 0 Å². The lowest BCUT2D eigenvalue weighted by Gasteiger charge is -2.21. The van der Waals surface area contributed by atoms with Crippen molar-refractivity contribution in [2.45, 2.75) is 31.6 Å². The van der Waals surface area contributed by atoms with Crippen LogP contribution in [0.15, 0.2) is 24.3 Å². The Bertz CT molecular complexity index is 388. The van der Waals surface area contributed by atoms with Crippen molar-refractivity contribution in [3.05, 3.63) is 29.8 Å². The van der Waals surface area contributed by atoms with Crippen molar-refractivity contribution in [1.29, 1.82) is 0 Å². The van der Waals surface area contributed by atoms with Crippen molar-refractivity contribution in [3.8, 4) is 5.75 Å². The van der Waals surface area contributed by atoms with Gasteiger partial charge in [0.05, 0.1) is 12.1 Å². The largest absolute Gasteiger partial charge is 0.434 e. The maximum Gasteiger partial charge on any atom is 0.387 e. The van der Waals surface area contributed by atoms with Crippen LogP contribution in [0.2, 0.25) is 0 Å². The van der Waals surface area contributed by atoms with E-state index in [2.05, 4.69) is 4.74 Å². The number of halogens is 3. The van der Waals surface area contributed by atoms with Gasteiger partial charge in [0, 0.05) is 5.56 Å². The van der Waals surface area contributed by atoms with Crippen molar-refractivity contribution in [1.82, 2.24) is 0 Å². The van der Waals surface area contributed by atoms with Crippen molar-refractivity contribution in [2.75, 3.05) is 0 Å². The zero-order valence-electron chi connectivity index (χ0n) is 9.63. The maximum atomic E-state index is 12.2. The van der Waals surface area contributed by atoms with Crippen molar-refractivity contribution >= 4 is 12.4 Å². The second kappa shape index (κ2) is 6.31. The Balaban J connectivity index is 0.00000162. The summed E-state index contributed by atoms with van der Waals surface area (Å²) < 4.78 is 28.8. The third-order valence-electron chi connectivity index (χ3n) is 2.97. The summed E-state index contributed by atoms with van der Waals surface area (Å²) in [6.45, 7) is -2.89. The minimum absolute atomic E-state index is 0. The number of aliphatic hydroxyl groups is 1. The van der Waals surface area contributed by atoms with Gasteiger partial charge in [0.15, 0.2) is 0 Å². The second-order valence-corrected chi connectivity index (χ2v) is 4.27. The van der Waals surface area contributed by atoms with Crippen LogP contribution in [-0.2, 0) is 0 Å². The molecule has 1 aromatic rings. The zero-order chi connectivity index (χ0) is 12.4. The Morgan fingerprint density at radius 2 is 1.89 bits per heavy atom. The molecule has 0 saturated heterocycles. The topological polar surface area (TPSA) is 55.5 Å². The Hall–Kier alpha value is -0.910. The first-order valence-electron chi connectivity index (χ1n) is 5.57. The summed E-state index contributed by atoms with van der Waals surface area (Å²) in [6, 6.07) is 5.64. The number of hydrogen-bond donors (Lipinski definition) is 2. The van der Waals surface area contributed by atoms with Gasteiger partial charge in [-0.05, 0) is 24.8 Å². The first-order chi connectivity index (χ1) is 8.09. The fourth-order valence-electron chi connectivity index (χ4n) is 1.87. The Labute approximate surface area is 110 Å². The SMILES string of the molecule is Cl.N[C@H](c1ccccc1OC(F)F)[C@@H](O)C1CC1. The molecule has 0 bridgehead atoms. The van der Waals surface area contributed by atoms with Crippen molar-refractivity contribution in [3.63, 3.8) is 0 Å². The smallest absolute Gasteiger partial charge is 0.387 e. The van der Waals surface area contributed by atoms with Crippen LogP contribution in [-0.4, -0.2) is 17.8 Å².